The first-order chi connectivity index (χ1) is 10.1. The van der Waals surface area contributed by atoms with Gasteiger partial charge in [0.25, 0.3) is 5.69 Å². The molecule has 6 heteroatoms. The zero-order valence-corrected chi connectivity index (χ0v) is 12.0. The van der Waals surface area contributed by atoms with Crippen LogP contribution in [0.2, 0.25) is 0 Å². The van der Waals surface area contributed by atoms with Gasteiger partial charge in [0, 0.05) is 24.4 Å². The molecule has 0 aliphatic carbocycles. The number of rotatable bonds is 5. The Labute approximate surface area is 123 Å². The largest absolute Gasteiger partial charge is 0.341 e. The van der Waals surface area contributed by atoms with Crippen molar-refractivity contribution >= 4 is 22.7 Å². The molecule has 2 aromatic carbocycles. The number of non-ortho nitro benzene ring substituents is 1. The van der Waals surface area contributed by atoms with Gasteiger partial charge in [-0.2, -0.15) is 0 Å². The average Bonchev–Trinajstić information content (AvgIpc) is 2.49. The highest BCUT2D eigenvalue weighted by molar-refractivity contribution is 5.72. The summed E-state index contributed by atoms with van der Waals surface area (Å²) < 4.78 is 0. The molecular formula is C15H18N4O2. The van der Waals surface area contributed by atoms with Gasteiger partial charge in [0.15, 0.2) is 0 Å². The van der Waals surface area contributed by atoms with Gasteiger partial charge in [-0.05, 0) is 31.5 Å². The fraction of sp³-hybridized carbons (Fsp3) is 0.200. The van der Waals surface area contributed by atoms with Gasteiger partial charge in [-0.25, -0.2) is 0 Å². The van der Waals surface area contributed by atoms with Crippen LogP contribution in [0.4, 0.5) is 22.7 Å². The van der Waals surface area contributed by atoms with Crippen molar-refractivity contribution in [2.45, 2.75) is 13.8 Å². The van der Waals surface area contributed by atoms with E-state index >= 15 is 0 Å². The summed E-state index contributed by atoms with van der Waals surface area (Å²) in [6, 6.07) is 12.7. The zero-order valence-electron chi connectivity index (χ0n) is 12.0. The normalized spacial score (nSPS) is 10.2. The third-order valence-electron chi connectivity index (χ3n) is 3.31. The van der Waals surface area contributed by atoms with Crippen molar-refractivity contribution in [2.75, 3.05) is 16.9 Å². The van der Waals surface area contributed by atoms with Crippen molar-refractivity contribution in [3.8, 4) is 0 Å². The number of benzene rings is 2. The van der Waals surface area contributed by atoms with Crippen molar-refractivity contribution < 1.29 is 4.92 Å². The summed E-state index contributed by atoms with van der Waals surface area (Å²) in [4.78, 5) is 12.7. The van der Waals surface area contributed by atoms with Crippen LogP contribution in [-0.2, 0) is 0 Å². The van der Waals surface area contributed by atoms with Gasteiger partial charge < -0.3 is 10.3 Å². The molecule has 21 heavy (non-hydrogen) atoms. The minimum Gasteiger partial charge on any atom is -0.341 e. The molecule has 0 heterocycles. The topological polar surface area (TPSA) is 84.4 Å². The third kappa shape index (κ3) is 3.11. The van der Waals surface area contributed by atoms with Crippen LogP contribution in [0.5, 0.6) is 0 Å². The lowest BCUT2D eigenvalue weighted by atomic mass is 10.1. The Morgan fingerprint density at radius 1 is 1.29 bits per heavy atom. The fourth-order valence-corrected chi connectivity index (χ4v) is 2.30. The molecule has 0 saturated heterocycles. The summed E-state index contributed by atoms with van der Waals surface area (Å²) in [7, 11) is 0. The molecule has 0 bridgehead atoms. The standard InChI is InChI=1S/C15H18N4O2/c1-3-18(15-7-5-4-6-11(15)2)13-8-12(17-16)9-14(10-13)19(20)21/h4-10,17H,3,16H2,1-2H3. The first-order valence-corrected chi connectivity index (χ1v) is 6.66. The summed E-state index contributed by atoms with van der Waals surface area (Å²) in [5.41, 5.74) is 5.84. The molecule has 2 rings (SSSR count). The third-order valence-corrected chi connectivity index (χ3v) is 3.31. The van der Waals surface area contributed by atoms with E-state index in [-0.39, 0.29) is 5.69 Å². The number of hydrazine groups is 1. The highest BCUT2D eigenvalue weighted by Gasteiger charge is 2.15. The molecule has 3 N–H and O–H groups in total. The minimum absolute atomic E-state index is 0.00693. The molecule has 6 nitrogen and oxygen atoms in total. The summed E-state index contributed by atoms with van der Waals surface area (Å²) >= 11 is 0. The molecule has 0 aliphatic heterocycles. The van der Waals surface area contributed by atoms with Gasteiger partial charge in [0.2, 0.25) is 0 Å². The Kier molecular flexibility index (Phi) is 4.39. The van der Waals surface area contributed by atoms with Crippen molar-refractivity contribution in [3.05, 3.63) is 58.1 Å². The molecule has 0 radical (unpaired) electrons. The monoisotopic (exact) mass is 286 g/mol. The van der Waals surface area contributed by atoms with Crippen molar-refractivity contribution in [2.24, 2.45) is 5.84 Å². The van der Waals surface area contributed by atoms with Crippen LogP contribution in [0.15, 0.2) is 42.5 Å². The maximum Gasteiger partial charge on any atom is 0.273 e. The van der Waals surface area contributed by atoms with Gasteiger partial charge in [-0.3, -0.25) is 16.0 Å². The molecule has 0 unspecified atom stereocenters. The van der Waals surface area contributed by atoms with Crippen LogP contribution in [0.1, 0.15) is 12.5 Å². The highest BCUT2D eigenvalue weighted by Crippen LogP contribution is 2.32. The second-order valence-electron chi connectivity index (χ2n) is 4.67. The van der Waals surface area contributed by atoms with Crippen LogP contribution >= 0.6 is 0 Å². The molecule has 2 aromatic rings. The second-order valence-corrected chi connectivity index (χ2v) is 4.67. The van der Waals surface area contributed by atoms with Gasteiger partial charge in [0.1, 0.15) is 0 Å². The maximum atomic E-state index is 11.1. The number of nitrogens with two attached hydrogens (primary N) is 1. The van der Waals surface area contributed by atoms with Crippen molar-refractivity contribution in [1.29, 1.82) is 0 Å². The summed E-state index contributed by atoms with van der Waals surface area (Å²) in [5.74, 6) is 5.41. The van der Waals surface area contributed by atoms with E-state index in [4.69, 9.17) is 5.84 Å². The second kappa shape index (κ2) is 6.23. The molecule has 0 aromatic heterocycles. The van der Waals surface area contributed by atoms with Crippen molar-refractivity contribution in [1.82, 2.24) is 0 Å². The Morgan fingerprint density at radius 3 is 2.57 bits per heavy atom. The number of nitro benzene ring substituents is 1. The Balaban J connectivity index is 2.54. The molecule has 0 spiro atoms. The quantitative estimate of drug-likeness (QED) is 0.500. The first kappa shape index (κ1) is 14.8. The van der Waals surface area contributed by atoms with Crippen molar-refractivity contribution in [3.63, 3.8) is 0 Å². The summed E-state index contributed by atoms with van der Waals surface area (Å²) in [5, 5.41) is 11.1. The van der Waals surface area contributed by atoms with Gasteiger partial charge in [-0.15, -0.1) is 0 Å². The number of nitrogen functional groups attached to an aromatic ring is 1. The van der Waals surface area contributed by atoms with Gasteiger partial charge in [0.05, 0.1) is 16.3 Å². The lowest BCUT2D eigenvalue weighted by molar-refractivity contribution is -0.384. The number of nitrogens with zero attached hydrogens (tertiary/aromatic N) is 2. The Bertz CT molecular complexity index is 658. The predicted molar refractivity (Wildman–Crippen MR) is 84.8 cm³/mol. The first-order valence-electron chi connectivity index (χ1n) is 6.66. The van der Waals surface area contributed by atoms with Crippen LogP contribution in [0, 0.1) is 17.0 Å². The van der Waals surface area contributed by atoms with E-state index in [9.17, 15) is 10.1 Å². The van der Waals surface area contributed by atoms with E-state index in [2.05, 4.69) is 5.43 Å². The van der Waals surface area contributed by atoms with Crippen LogP contribution < -0.4 is 16.2 Å². The molecule has 0 amide bonds. The summed E-state index contributed by atoms with van der Waals surface area (Å²) in [6.07, 6.45) is 0. The molecule has 110 valence electrons. The number of anilines is 3. The average molecular weight is 286 g/mol. The number of hydrogen-bond donors (Lipinski definition) is 2. The fourth-order valence-electron chi connectivity index (χ4n) is 2.30. The van der Waals surface area contributed by atoms with E-state index in [1.165, 1.54) is 6.07 Å². The van der Waals surface area contributed by atoms with E-state index in [1.807, 2.05) is 43.0 Å². The van der Waals surface area contributed by atoms with E-state index < -0.39 is 4.92 Å². The number of hydrogen-bond acceptors (Lipinski definition) is 5. The number of nitro groups is 1. The van der Waals surface area contributed by atoms with Crippen LogP contribution in [0.3, 0.4) is 0 Å². The number of nitrogens with one attached hydrogen (secondary N) is 1. The molecule has 0 fully saturated rings. The predicted octanol–water partition coefficient (Wildman–Crippen LogP) is 3.35. The molecule has 0 atom stereocenters. The summed E-state index contributed by atoms with van der Waals surface area (Å²) in [6.45, 7) is 4.70. The van der Waals surface area contributed by atoms with Gasteiger partial charge in [-0.1, -0.05) is 18.2 Å². The SMILES string of the molecule is CCN(c1cc(NN)cc([N+](=O)[O-])c1)c1ccccc1C. The molecule has 0 aliphatic rings. The lowest BCUT2D eigenvalue weighted by Crippen LogP contribution is -2.18. The molecular weight excluding hydrogens is 268 g/mol. The van der Waals surface area contributed by atoms with Crippen LogP contribution in [-0.4, -0.2) is 11.5 Å². The van der Waals surface area contributed by atoms with Gasteiger partial charge >= 0.3 is 0 Å². The highest BCUT2D eigenvalue weighted by atomic mass is 16.6. The minimum atomic E-state index is -0.421. The zero-order chi connectivity index (χ0) is 15.4. The number of para-hydroxylation sites is 1. The lowest BCUT2D eigenvalue weighted by Gasteiger charge is -2.25. The Morgan fingerprint density at radius 2 is 2.00 bits per heavy atom. The number of aryl methyl sites for hydroxylation is 1. The van der Waals surface area contributed by atoms with Crippen LogP contribution in [0.25, 0.3) is 0 Å². The molecule has 0 saturated carbocycles. The maximum absolute atomic E-state index is 11.1. The Hall–Kier alpha value is -2.60. The van der Waals surface area contributed by atoms with E-state index in [1.54, 1.807) is 12.1 Å². The smallest absolute Gasteiger partial charge is 0.273 e. The van der Waals surface area contributed by atoms with E-state index in [0.29, 0.717) is 12.2 Å². The van der Waals surface area contributed by atoms with E-state index in [0.717, 1.165) is 16.9 Å².